The van der Waals surface area contributed by atoms with Gasteiger partial charge in [-0.1, -0.05) is 48.8 Å². The highest BCUT2D eigenvalue weighted by Crippen LogP contribution is 2.32. The number of nitrogens with one attached hydrogen (secondary N) is 1. The quantitative estimate of drug-likeness (QED) is 0.674. The fraction of sp³-hybridized carbons (Fsp3) is 0.500. The van der Waals surface area contributed by atoms with Crippen LogP contribution in [0.1, 0.15) is 78.5 Å². The molecule has 0 unspecified atom stereocenters. The molecule has 1 aliphatic heterocycles. The molecular formula is C24H30N2O4S. The van der Waals surface area contributed by atoms with Crippen molar-refractivity contribution in [1.29, 1.82) is 0 Å². The van der Waals surface area contributed by atoms with Gasteiger partial charge in [-0.3, -0.25) is 9.59 Å². The standard InChI is InChI=1S/C24H30N2O4S/c27-22-19-12-6-7-13-20(19)23(28)24(21(22)26-16-8-1-2-9-17-26)31(29,30)25-15-14-18-10-4-3-5-11-18/h6-7,10,12-13,25H,1-5,8-9,11,14-17H2. The number of likely N-dealkylation sites (tertiary alicyclic amines) is 1. The molecule has 1 N–H and O–H groups in total. The molecule has 7 heteroatoms. The molecule has 1 aromatic carbocycles. The van der Waals surface area contributed by atoms with E-state index in [1.54, 1.807) is 18.2 Å². The maximum Gasteiger partial charge on any atom is 0.246 e. The third-order valence-corrected chi connectivity index (χ3v) is 7.87. The van der Waals surface area contributed by atoms with E-state index in [4.69, 9.17) is 0 Å². The van der Waals surface area contributed by atoms with Crippen LogP contribution in [0.2, 0.25) is 0 Å². The van der Waals surface area contributed by atoms with Crippen molar-refractivity contribution in [3.05, 3.63) is 57.6 Å². The van der Waals surface area contributed by atoms with Crippen LogP contribution < -0.4 is 4.72 Å². The third-order valence-electron chi connectivity index (χ3n) is 6.37. The Kier molecular flexibility index (Phi) is 6.72. The highest BCUT2D eigenvalue weighted by atomic mass is 32.2. The highest BCUT2D eigenvalue weighted by Gasteiger charge is 2.41. The van der Waals surface area contributed by atoms with E-state index in [9.17, 15) is 18.0 Å². The molecule has 31 heavy (non-hydrogen) atoms. The summed E-state index contributed by atoms with van der Waals surface area (Å²) < 4.78 is 29.3. The SMILES string of the molecule is O=C1C(N2CCCCCC2)=C(S(=O)(=O)NCCC2=CCCCC2)C(=O)c2ccccc21. The van der Waals surface area contributed by atoms with Gasteiger partial charge in [-0.15, -0.1) is 0 Å². The maximum absolute atomic E-state index is 13.4. The predicted molar refractivity (Wildman–Crippen MR) is 120 cm³/mol. The number of hydrogen-bond acceptors (Lipinski definition) is 5. The van der Waals surface area contributed by atoms with E-state index in [1.165, 1.54) is 18.1 Å². The number of ketones is 2. The Hall–Kier alpha value is -2.25. The van der Waals surface area contributed by atoms with Gasteiger partial charge in [0, 0.05) is 30.8 Å². The Morgan fingerprint density at radius 2 is 1.55 bits per heavy atom. The summed E-state index contributed by atoms with van der Waals surface area (Å²) in [6.07, 6.45) is 11.0. The Balaban J connectivity index is 1.68. The van der Waals surface area contributed by atoms with Crippen LogP contribution in [0, 0.1) is 0 Å². The molecule has 0 atom stereocenters. The Bertz CT molecular complexity index is 1030. The number of carbonyl (C=O) groups is 2. The molecule has 0 radical (unpaired) electrons. The monoisotopic (exact) mass is 442 g/mol. The van der Waals surface area contributed by atoms with E-state index < -0.39 is 15.8 Å². The summed E-state index contributed by atoms with van der Waals surface area (Å²) in [5, 5.41) is 0. The van der Waals surface area contributed by atoms with Gasteiger partial charge in [-0.05, 0) is 44.9 Å². The minimum atomic E-state index is -4.13. The van der Waals surface area contributed by atoms with Crippen molar-refractivity contribution in [3.63, 3.8) is 0 Å². The van der Waals surface area contributed by atoms with Crippen LogP contribution >= 0.6 is 0 Å². The Labute approximate surface area is 184 Å². The lowest BCUT2D eigenvalue weighted by Crippen LogP contribution is -2.40. The number of nitrogens with zero attached hydrogens (tertiary/aromatic N) is 1. The van der Waals surface area contributed by atoms with Gasteiger partial charge >= 0.3 is 0 Å². The fourth-order valence-electron chi connectivity index (χ4n) is 4.72. The number of allylic oxidation sites excluding steroid dienone is 3. The molecule has 1 fully saturated rings. The minimum absolute atomic E-state index is 0.0509. The first-order chi connectivity index (χ1) is 15.0. The van der Waals surface area contributed by atoms with Crippen LogP contribution in [-0.4, -0.2) is 44.5 Å². The molecule has 166 valence electrons. The molecule has 0 spiro atoms. The lowest BCUT2D eigenvalue weighted by Gasteiger charge is -2.30. The van der Waals surface area contributed by atoms with Gasteiger partial charge in [-0.25, -0.2) is 13.1 Å². The molecule has 0 aromatic heterocycles. The predicted octanol–water partition coefficient (Wildman–Crippen LogP) is 3.96. The lowest BCUT2D eigenvalue weighted by molar-refractivity contribution is 0.0947. The van der Waals surface area contributed by atoms with Crippen molar-refractivity contribution in [2.75, 3.05) is 19.6 Å². The molecule has 0 saturated carbocycles. The zero-order valence-corrected chi connectivity index (χ0v) is 18.7. The first-order valence-corrected chi connectivity index (χ1v) is 12.8. The zero-order valence-electron chi connectivity index (χ0n) is 17.9. The summed E-state index contributed by atoms with van der Waals surface area (Å²) in [4.78, 5) is 28.2. The molecule has 3 aliphatic rings. The maximum atomic E-state index is 13.4. The van der Waals surface area contributed by atoms with Crippen LogP contribution in [0.5, 0.6) is 0 Å². The Morgan fingerprint density at radius 3 is 2.19 bits per heavy atom. The van der Waals surface area contributed by atoms with Gasteiger partial charge in [0.25, 0.3) is 0 Å². The molecule has 0 amide bonds. The molecule has 1 heterocycles. The van der Waals surface area contributed by atoms with E-state index in [0.29, 0.717) is 19.5 Å². The molecule has 0 bridgehead atoms. The molecule has 2 aliphatic carbocycles. The van der Waals surface area contributed by atoms with Crippen LogP contribution in [0.4, 0.5) is 0 Å². The van der Waals surface area contributed by atoms with Gasteiger partial charge in [-0.2, -0.15) is 0 Å². The topological polar surface area (TPSA) is 83.6 Å². The zero-order chi connectivity index (χ0) is 21.8. The number of sulfonamides is 1. The number of benzene rings is 1. The molecule has 6 nitrogen and oxygen atoms in total. The van der Waals surface area contributed by atoms with Crippen molar-refractivity contribution in [1.82, 2.24) is 9.62 Å². The van der Waals surface area contributed by atoms with Gasteiger partial charge in [0.15, 0.2) is 4.91 Å². The molecule has 4 rings (SSSR count). The van der Waals surface area contributed by atoms with E-state index in [0.717, 1.165) is 44.9 Å². The molecule has 1 aromatic rings. The summed E-state index contributed by atoms with van der Waals surface area (Å²) >= 11 is 0. The van der Waals surface area contributed by atoms with E-state index in [-0.39, 0.29) is 34.1 Å². The summed E-state index contributed by atoms with van der Waals surface area (Å²) in [6, 6.07) is 6.52. The van der Waals surface area contributed by atoms with Crippen LogP contribution in [0.25, 0.3) is 0 Å². The van der Waals surface area contributed by atoms with Gasteiger partial charge in [0.05, 0.1) is 0 Å². The minimum Gasteiger partial charge on any atom is -0.367 e. The van der Waals surface area contributed by atoms with Crippen molar-refractivity contribution < 1.29 is 18.0 Å². The highest BCUT2D eigenvalue weighted by molar-refractivity contribution is 7.94. The molecular weight excluding hydrogens is 412 g/mol. The average Bonchev–Trinajstić information content (AvgIpc) is 3.06. The second kappa shape index (κ2) is 9.49. The van der Waals surface area contributed by atoms with E-state index >= 15 is 0 Å². The normalized spacial score (nSPS) is 20.4. The summed E-state index contributed by atoms with van der Waals surface area (Å²) in [5.74, 6) is -0.953. The number of fused-ring (bicyclic) bond motifs is 1. The van der Waals surface area contributed by atoms with Crippen LogP contribution in [0.3, 0.4) is 0 Å². The van der Waals surface area contributed by atoms with Gasteiger partial charge in [0.1, 0.15) is 5.70 Å². The third kappa shape index (κ3) is 4.67. The van der Waals surface area contributed by atoms with Crippen molar-refractivity contribution >= 4 is 21.6 Å². The first-order valence-electron chi connectivity index (χ1n) is 11.3. The van der Waals surface area contributed by atoms with Crippen molar-refractivity contribution in [3.8, 4) is 0 Å². The lowest BCUT2D eigenvalue weighted by atomic mass is 9.91. The van der Waals surface area contributed by atoms with Crippen molar-refractivity contribution in [2.45, 2.75) is 57.8 Å². The van der Waals surface area contributed by atoms with Gasteiger partial charge in [0.2, 0.25) is 21.6 Å². The summed E-state index contributed by atoms with van der Waals surface area (Å²) in [5.41, 5.74) is 1.77. The van der Waals surface area contributed by atoms with Crippen LogP contribution in [-0.2, 0) is 10.0 Å². The van der Waals surface area contributed by atoms with Gasteiger partial charge < -0.3 is 4.90 Å². The number of carbonyl (C=O) groups excluding carboxylic acids is 2. The van der Waals surface area contributed by atoms with Crippen LogP contribution in [0.15, 0.2) is 46.5 Å². The smallest absolute Gasteiger partial charge is 0.246 e. The number of Topliss-reactive ketones (excluding diaryl/α,β-unsaturated/α-hetero) is 2. The summed E-state index contributed by atoms with van der Waals surface area (Å²) in [7, 11) is -4.13. The number of rotatable bonds is 6. The summed E-state index contributed by atoms with van der Waals surface area (Å²) in [6.45, 7) is 1.40. The van der Waals surface area contributed by atoms with E-state index in [2.05, 4.69) is 10.8 Å². The number of hydrogen-bond donors (Lipinski definition) is 1. The van der Waals surface area contributed by atoms with E-state index in [1.807, 2.05) is 4.90 Å². The average molecular weight is 443 g/mol. The Morgan fingerprint density at radius 1 is 0.871 bits per heavy atom. The molecule has 1 saturated heterocycles. The fourth-order valence-corrected chi connectivity index (χ4v) is 6.07. The van der Waals surface area contributed by atoms with Crippen molar-refractivity contribution in [2.24, 2.45) is 0 Å². The first kappa shape index (κ1) is 22.0. The second-order valence-electron chi connectivity index (χ2n) is 8.54. The largest absolute Gasteiger partial charge is 0.367 e. The second-order valence-corrected chi connectivity index (χ2v) is 10.2.